The molecule has 7 heteroatoms. The summed E-state index contributed by atoms with van der Waals surface area (Å²) in [6, 6.07) is 6.84. The first kappa shape index (κ1) is 14.6. The number of carbonyl (C=O) groups excluding carboxylic acids is 1. The minimum absolute atomic E-state index is 0.377. The summed E-state index contributed by atoms with van der Waals surface area (Å²) < 4.78 is 4.65. The third-order valence-electron chi connectivity index (χ3n) is 2.86. The Morgan fingerprint density at radius 1 is 1.24 bits per heavy atom. The van der Waals surface area contributed by atoms with Gasteiger partial charge in [0, 0.05) is 19.8 Å². The Hall–Kier alpha value is -2.83. The van der Waals surface area contributed by atoms with Crippen LogP contribution in [0.5, 0.6) is 0 Å². The van der Waals surface area contributed by atoms with E-state index in [2.05, 4.69) is 20.0 Å². The van der Waals surface area contributed by atoms with Crippen molar-refractivity contribution >= 4 is 29.0 Å². The summed E-state index contributed by atoms with van der Waals surface area (Å²) in [5.74, 6) is 0.774. The molecule has 0 atom stereocenters. The van der Waals surface area contributed by atoms with E-state index in [9.17, 15) is 4.79 Å². The number of hydrogen-bond donors (Lipinski definition) is 2. The number of esters is 1. The zero-order valence-corrected chi connectivity index (χ0v) is 12.1. The van der Waals surface area contributed by atoms with Crippen molar-refractivity contribution in [3.63, 3.8) is 0 Å². The van der Waals surface area contributed by atoms with Gasteiger partial charge in [0.2, 0.25) is 0 Å². The van der Waals surface area contributed by atoms with Crippen molar-refractivity contribution < 1.29 is 9.53 Å². The van der Waals surface area contributed by atoms with Crippen LogP contribution in [0.2, 0.25) is 0 Å². The molecule has 0 fully saturated rings. The highest BCUT2D eigenvalue weighted by molar-refractivity contribution is 5.90. The minimum Gasteiger partial charge on any atom is -0.465 e. The van der Waals surface area contributed by atoms with Gasteiger partial charge in [-0.05, 0) is 24.3 Å². The number of nitrogens with one attached hydrogen (secondary N) is 1. The standard InChI is InChI=1S/C14H17N5O2/c1-19(2)13-11(15)12(16-8-17-13)18-10-6-4-9(5-7-10)14(20)21-3/h4-8H,15H2,1-3H3,(H,16,17,18). The Morgan fingerprint density at radius 2 is 1.90 bits per heavy atom. The fourth-order valence-corrected chi connectivity index (χ4v) is 1.79. The molecule has 0 saturated heterocycles. The Kier molecular flexibility index (Phi) is 4.22. The zero-order chi connectivity index (χ0) is 15.4. The van der Waals surface area contributed by atoms with Crippen LogP contribution in [0.1, 0.15) is 10.4 Å². The smallest absolute Gasteiger partial charge is 0.337 e. The third kappa shape index (κ3) is 3.19. The second-order valence-corrected chi connectivity index (χ2v) is 4.55. The number of nitrogen functional groups attached to an aromatic ring is 1. The van der Waals surface area contributed by atoms with Crippen molar-refractivity contribution in [2.24, 2.45) is 0 Å². The molecule has 110 valence electrons. The third-order valence-corrected chi connectivity index (χ3v) is 2.86. The second-order valence-electron chi connectivity index (χ2n) is 4.55. The first-order valence-corrected chi connectivity index (χ1v) is 6.26. The van der Waals surface area contributed by atoms with Crippen LogP contribution in [0, 0.1) is 0 Å². The van der Waals surface area contributed by atoms with Gasteiger partial charge in [-0.1, -0.05) is 0 Å². The molecule has 1 aromatic carbocycles. The van der Waals surface area contributed by atoms with Gasteiger partial charge in [0.05, 0.1) is 12.7 Å². The maximum atomic E-state index is 11.4. The number of anilines is 4. The van der Waals surface area contributed by atoms with Gasteiger partial charge in [0.15, 0.2) is 11.6 Å². The normalized spacial score (nSPS) is 10.0. The molecule has 0 spiro atoms. The van der Waals surface area contributed by atoms with E-state index in [4.69, 9.17) is 5.73 Å². The number of hydrogen-bond acceptors (Lipinski definition) is 7. The van der Waals surface area contributed by atoms with Crippen molar-refractivity contribution in [3.05, 3.63) is 36.2 Å². The molecule has 0 aliphatic heterocycles. The van der Waals surface area contributed by atoms with Crippen molar-refractivity contribution in [3.8, 4) is 0 Å². The monoisotopic (exact) mass is 287 g/mol. The van der Waals surface area contributed by atoms with Gasteiger partial charge < -0.3 is 20.7 Å². The maximum Gasteiger partial charge on any atom is 0.337 e. The molecule has 0 unspecified atom stereocenters. The number of rotatable bonds is 4. The van der Waals surface area contributed by atoms with Gasteiger partial charge in [-0.3, -0.25) is 0 Å². The maximum absolute atomic E-state index is 11.4. The summed E-state index contributed by atoms with van der Waals surface area (Å²) in [5, 5.41) is 3.10. The fourth-order valence-electron chi connectivity index (χ4n) is 1.79. The second kappa shape index (κ2) is 6.08. The molecule has 0 bridgehead atoms. The predicted octanol–water partition coefficient (Wildman–Crippen LogP) is 1.65. The van der Waals surface area contributed by atoms with Crippen LogP contribution >= 0.6 is 0 Å². The van der Waals surface area contributed by atoms with E-state index in [0.717, 1.165) is 5.69 Å². The topological polar surface area (TPSA) is 93.4 Å². The Morgan fingerprint density at radius 3 is 2.48 bits per heavy atom. The summed E-state index contributed by atoms with van der Waals surface area (Å²) in [7, 11) is 5.06. The molecule has 0 saturated carbocycles. The molecule has 21 heavy (non-hydrogen) atoms. The molecule has 2 aromatic rings. The lowest BCUT2D eigenvalue weighted by Gasteiger charge is -2.16. The van der Waals surface area contributed by atoms with Crippen molar-refractivity contribution in [2.75, 3.05) is 37.2 Å². The molecule has 1 heterocycles. The molecular formula is C14H17N5O2. The first-order valence-electron chi connectivity index (χ1n) is 6.26. The molecule has 2 rings (SSSR count). The summed E-state index contributed by atoms with van der Waals surface area (Å²) in [5.41, 5.74) is 7.73. The summed E-state index contributed by atoms with van der Waals surface area (Å²) in [6.07, 6.45) is 1.44. The quantitative estimate of drug-likeness (QED) is 0.826. The average molecular weight is 287 g/mol. The van der Waals surface area contributed by atoms with Crippen molar-refractivity contribution in [1.29, 1.82) is 0 Å². The summed E-state index contributed by atoms with van der Waals surface area (Å²) >= 11 is 0. The molecule has 0 aliphatic rings. The van der Waals surface area contributed by atoms with Crippen LogP contribution in [0.4, 0.5) is 23.0 Å². The highest BCUT2D eigenvalue weighted by atomic mass is 16.5. The fraction of sp³-hybridized carbons (Fsp3) is 0.214. The number of methoxy groups -OCH3 is 1. The van der Waals surface area contributed by atoms with Crippen LogP contribution in [-0.2, 0) is 4.74 Å². The van der Waals surface area contributed by atoms with Crippen LogP contribution in [-0.4, -0.2) is 37.1 Å². The minimum atomic E-state index is -0.377. The van der Waals surface area contributed by atoms with Gasteiger partial charge in [-0.15, -0.1) is 0 Å². The predicted molar refractivity (Wildman–Crippen MR) is 81.8 cm³/mol. The van der Waals surface area contributed by atoms with Crippen LogP contribution < -0.4 is 16.0 Å². The van der Waals surface area contributed by atoms with Gasteiger partial charge in [-0.2, -0.15) is 0 Å². The van der Waals surface area contributed by atoms with E-state index in [1.54, 1.807) is 24.3 Å². The van der Waals surface area contributed by atoms with Crippen LogP contribution in [0.3, 0.4) is 0 Å². The lowest BCUT2D eigenvalue weighted by Crippen LogP contribution is -2.14. The Balaban J connectivity index is 2.22. The zero-order valence-electron chi connectivity index (χ0n) is 12.1. The number of ether oxygens (including phenoxy) is 1. The van der Waals surface area contributed by atoms with Gasteiger partial charge in [-0.25, -0.2) is 14.8 Å². The summed E-state index contributed by atoms with van der Waals surface area (Å²) in [6.45, 7) is 0. The molecule has 0 radical (unpaired) electrons. The van der Waals surface area contributed by atoms with Crippen LogP contribution in [0.15, 0.2) is 30.6 Å². The highest BCUT2D eigenvalue weighted by Gasteiger charge is 2.10. The lowest BCUT2D eigenvalue weighted by molar-refractivity contribution is 0.0601. The number of nitrogens with two attached hydrogens (primary N) is 1. The number of aromatic nitrogens is 2. The van der Waals surface area contributed by atoms with E-state index < -0.39 is 0 Å². The van der Waals surface area contributed by atoms with Crippen molar-refractivity contribution in [2.45, 2.75) is 0 Å². The molecule has 0 aliphatic carbocycles. The molecule has 1 aromatic heterocycles. The largest absolute Gasteiger partial charge is 0.465 e. The first-order chi connectivity index (χ1) is 10.0. The lowest BCUT2D eigenvalue weighted by atomic mass is 10.2. The van der Waals surface area contributed by atoms with E-state index >= 15 is 0 Å². The number of nitrogens with zero attached hydrogens (tertiary/aromatic N) is 3. The average Bonchev–Trinajstić information content (AvgIpc) is 2.49. The Bertz CT molecular complexity index is 640. The van der Waals surface area contributed by atoms with Gasteiger partial charge in [0.25, 0.3) is 0 Å². The molecular weight excluding hydrogens is 270 g/mol. The van der Waals surface area contributed by atoms with Crippen LogP contribution in [0.25, 0.3) is 0 Å². The van der Waals surface area contributed by atoms with E-state index in [1.807, 2.05) is 19.0 Å². The highest BCUT2D eigenvalue weighted by Crippen LogP contribution is 2.27. The van der Waals surface area contributed by atoms with Crippen molar-refractivity contribution in [1.82, 2.24) is 9.97 Å². The molecule has 7 nitrogen and oxygen atoms in total. The van der Waals surface area contributed by atoms with Gasteiger partial charge >= 0.3 is 5.97 Å². The van der Waals surface area contributed by atoms with E-state index in [1.165, 1.54) is 13.4 Å². The summed E-state index contributed by atoms with van der Waals surface area (Å²) in [4.78, 5) is 21.4. The van der Waals surface area contributed by atoms with E-state index in [-0.39, 0.29) is 5.97 Å². The number of carbonyl (C=O) groups is 1. The molecule has 3 N–H and O–H groups in total. The van der Waals surface area contributed by atoms with E-state index in [0.29, 0.717) is 22.9 Å². The molecule has 0 amide bonds. The van der Waals surface area contributed by atoms with Gasteiger partial charge in [0.1, 0.15) is 12.0 Å². The SMILES string of the molecule is COC(=O)c1ccc(Nc2ncnc(N(C)C)c2N)cc1. The number of benzene rings is 1. The Labute approximate surface area is 122 Å².